The lowest BCUT2D eigenvalue weighted by Gasteiger charge is -2.18. The summed E-state index contributed by atoms with van der Waals surface area (Å²) in [6.45, 7) is 0. The highest BCUT2D eigenvalue weighted by molar-refractivity contribution is 6.23. The lowest BCUT2D eigenvalue weighted by Crippen LogP contribution is -2.35. The Balaban J connectivity index is 1.85. The summed E-state index contributed by atoms with van der Waals surface area (Å²) >= 11 is 0. The van der Waals surface area contributed by atoms with Crippen molar-refractivity contribution in [3.8, 4) is 5.75 Å². The van der Waals surface area contributed by atoms with Crippen LogP contribution >= 0.6 is 0 Å². The predicted molar refractivity (Wildman–Crippen MR) is 83.9 cm³/mol. The quantitative estimate of drug-likeness (QED) is 0.881. The van der Waals surface area contributed by atoms with Crippen LogP contribution in [0.4, 0.5) is 15.8 Å². The Morgan fingerprint density at radius 3 is 2.70 bits per heavy atom. The van der Waals surface area contributed by atoms with Gasteiger partial charge in [0.05, 0.1) is 19.2 Å². The SMILES string of the molecule is COc1ccccc1N1C(=O)C[C@@H](Nc2cccc(F)c2)C1=O. The summed E-state index contributed by atoms with van der Waals surface area (Å²) in [6.07, 6.45) is 0.00734. The Bertz CT molecular complexity index is 763. The molecule has 0 spiro atoms. The molecular formula is C17H15FN2O3. The molecular weight excluding hydrogens is 299 g/mol. The van der Waals surface area contributed by atoms with Gasteiger partial charge in [-0.15, -0.1) is 0 Å². The molecule has 1 fully saturated rings. The highest BCUT2D eigenvalue weighted by Crippen LogP contribution is 2.32. The van der Waals surface area contributed by atoms with Gasteiger partial charge in [0.1, 0.15) is 17.6 Å². The molecule has 1 N–H and O–H groups in total. The molecule has 0 aliphatic carbocycles. The number of methoxy groups -OCH3 is 1. The minimum Gasteiger partial charge on any atom is -0.495 e. The zero-order chi connectivity index (χ0) is 16.4. The van der Waals surface area contributed by atoms with E-state index in [9.17, 15) is 14.0 Å². The van der Waals surface area contributed by atoms with E-state index in [-0.39, 0.29) is 18.2 Å². The maximum absolute atomic E-state index is 13.2. The molecule has 6 heteroatoms. The summed E-state index contributed by atoms with van der Waals surface area (Å²) in [5, 5.41) is 2.91. The molecule has 23 heavy (non-hydrogen) atoms. The highest BCUT2D eigenvalue weighted by atomic mass is 19.1. The van der Waals surface area contributed by atoms with E-state index in [0.29, 0.717) is 17.1 Å². The Kier molecular flexibility index (Phi) is 3.97. The van der Waals surface area contributed by atoms with Crippen LogP contribution < -0.4 is 15.0 Å². The van der Waals surface area contributed by atoms with E-state index >= 15 is 0 Å². The molecule has 0 aromatic heterocycles. The van der Waals surface area contributed by atoms with Crippen LogP contribution in [0.5, 0.6) is 5.75 Å². The summed E-state index contributed by atoms with van der Waals surface area (Å²) in [5.74, 6) is -0.675. The van der Waals surface area contributed by atoms with Gasteiger partial charge in [-0.25, -0.2) is 9.29 Å². The molecule has 1 aliphatic heterocycles. The van der Waals surface area contributed by atoms with Gasteiger partial charge in [-0.05, 0) is 30.3 Å². The zero-order valence-corrected chi connectivity index (χ0v) is 12.5. The topological polar surface area (TPSA) is 58.6 Å². The number of imide groups is 1. The van der Waals surface area contributed by atoms with Gasteiger partial charge < -0.3 is 10.1 Å². The van der Waals surface area contributed by atoms with Gasteiger partial charge in [-0.3, -0.25) is 9.59 Å². The molecule has 2 amide bonds. The third kappa shape index (κ3) is 2.88. The average molecular weight is 314 g/mol. The van der Waals surface area contributed by atoms with Crippen LogP contribution in [0.1, 0.15) is 6.42 Å². The van der Waals surface area contributed by atoms with Crippen LogP contribution in [-0.4, -0.2) is 25.0 Å². The first-order valence-corrected chi connectivity index (χ1v) is 7.12. The second-order valence-corrected chi connectivity index (χ2v) is 5.15. The monoisotopic (exact) mass is 314 g/mol. The summed E-state index contributed by atoms with van der Waals surface area (Å²) < 4.78 is 18.4. The van der Waals surface area contributed by atoms with Crippen molar-refractivity contribution in [1.29, 1.82) is 0 Å². The molecule has 2 aromatic rings. The van der Waals surface area contributed by atoms with E-state index in [1.165, 1.54) is 25.3 Å². The number of ether oxygens (including phenoxy) is 1. The van der Waals surface area contributed by atoms with Gasteiger partial charge in [0, 0.05) is 5.69 Å². The molecule has 2 aromatic carbocycles. The third-order valence-electron chi connectivity index (χ3n) is 3.64. The van der Waals surface area contributed by atoms with Crippen LogP contribution in [0.25, 0.3) is 0 Å². The van der Waals surface area contributed by atoms with E-state index in [2.05, 4.69) is 5.32 Å². The molecule has 1 heterocycles. The molecule has 0 bridgehead atoms. The third-order valence-corrected chi connectivity index (χ3v) is 3.64. The zero-order valence-electron chi connectivity index (χ0n) is 12.5. The fraction of sp³-hybridized carbons (Fsp3) is 0.176. The number of amides is 2. The van der Waals surface area contributed by atoms with E-state index < -0.39 is 11.9 Å². The lowest BCUT2D eigenvalue weighted by atomic mass is 10.2. The summed E-state index contributed by atoms with van der Waals surface area (Å²) in [4.78, 5) is 25.9. The molecule has 1 aliphatic rings. The summed E-state index contributed by atoms with van der Waals surface area (Å²) in [7, 11) is 1.48. The van der Waals surface area contributed by atoms with Gasteiger partial charge in [-0.1, -0.05) is 18.2 Å². The van der Waals surface area contributed by atoms with Crippen LogP contribution in [0.15, 0.2) is 48.5 Å². The van der Waals surface area contributed by atoms with Crippen molar-refractivity contribution in [3.05, 3.63) is 54.3 Å². The molecule has 0 unspecified atom stereocenters. The van der Waals surface area contributed by atoms with Gasteiger partial charge in [0.25, 0.3) is 5.91 Å². The number of carbonyl (C=O) groups excluding carboxylic acids is 2. The van der Waals surface area contributed by atoms with Crippen molar-refractivity contribution in [1.82, 2.24) is 0 Å². The smallest absolute Gasteiger partial charge is 0.256 e. The van der Waals surface area contributed by atoms with E-state index in [1.807, 2.05) is 0 Å². The fourth-order valence-corrected chi connectivity index (χ4v) is 2.59. The largest absolute Gasteiger partial charge is 0.495 e. The number of benzene rings is 2. The van der Waals surface area contributed by atoms with Crippen molar-refractivity contribution in [2.45, 2.75) is 12.5 Å². The number of para-hydroxylation sites is 2. The number of anilines is 2. The maximum atomic E-state index is 13.2. The number of hydrogen-bond donors (Lipinski definition) is 1. The molecule has 1 atom stereocenters. The van der Waals surface area contributed by atoms with Crippen molar-refractivity contribution >= 4 is 23.2 Å². The standard InChI is InChI=1S/C17H15FN2O3/c1-23-15-8-3-2-7-14(15)20-16(21)10-13(17(20)22)19-12-6-4-5-11(18)9-12/h2-9,13,19H,10H2,1H3/t13-/m1/s1. The normalized spacial score (nSPS) is 17.5. The summed E-state index contributed by atoms with van der Waals surface area (Å²) in [6, 6.07) is 11.9. The van der Waals surface area contributed by atoms with Crippen LogP contribution in [0.3, 0.4) is 0 Å². The molecule has 3 rings (SSSR count). The first-order valence-electron chi connectivity index (χ1n) is 7.12. The van der Waals surface area contributed by atoms with Crippen LogP contribution in [0.2, 0.25) is 0 Å². The number of rotatable bonds is 4. The lowest BCUT2D eigenvalue weighted by molar-refractivity contribution is -0.121. The molecule has 5 nitrogen and oxygen atoms in total. The van der Waals surface area contributed by atoms with Gasteiger partial charge in [-0.2, -0.15) is 0 Å². The molecule has 118 valence electrons. The first kappa shape index (κ1) is 15.0. The van der Waals surface area contributed by atoms with Crippen LogP contribution in [0, 0.1) is 5.82 Å². The van der Waals surface area contributed by atoms with Gasteiger partial charge in [0.15, 0.2) is 0 Å². The number of carbonyl (C=O) groups is 2. The van der Waals surface area contributed by atoms with E-state index in [4.69, 9.17) is 4.74 Å². The predicted octanol–water partition coefficient (Wildman–Crippen LogP) is 2.58. The number of nitrogens with one attached hydrogen (secondary N) is 1. The fourth-order valence-electron chi connectivity index (χ4n) is 2.59. The molecule has 0 radical (unpaired) electrons. The maximum Gasteiger partial charge on any atom is 0.256 e. The molecule has 0 saturated carbocycles. The second kappa shape index (κ2) is 6.08. The van der Waals surface area contributed by atoms with Crippen molar-refractivity contribution in [2.24, 2.45) is 0 Å². The van der Waals surface area contributed by atoms with E-state index in [1.54, 1.807) is 30.3 Å². The first-order chi connectivity index (χ1) is 11.1. The minimum atomic E-state index is -0.728. The molecule has 1 saturated heterocycles. The second-order valence-electron chi connectivity index (χ2n) is 5.15. The van der Waals surface area contributed by atoms with Gasteiger partial charge >= 0.3 is 0 Å². The van der Waals surface area contributed by atoms with E-state index in [0.717, 1.165) is 4.90 Å². The number of halogens is 1. The minimum absolute atomic E-state index is 0.00734. The van der Waals surface area contributed by atoms with Crippen LogP contribution in [-0.2, 0) is 9.59 Å². The highest BCUT2D eigenvalue weighted by Gasteiger charge is 2.40. The van der Waals surface area contributed by atoms with Crippen molar-refractivity contribution < 1.29 is 18.7 Å². The van der Waals surface area contributed by atoms with Gasteiger partial charge in [0.2, 0.25) is 5.91 Å². The number of hydrogen-bond acceptors (Lipinski definition) is 4. The van der Waals surface area contributed by atoms with Crippen molar-refractivity contribution in [3.63, 3.8) is 0 Å². The Morgan fingerprint density at radius 2 is 1.96 bits per heavy atom. The Morgan fingerprint density at radius 1 is 1.17 bits per heavy atom. The van der Waals surface area contributed by atoms with Crippen molar-refractivity contribution in [2.75, 3.05) is 17.3 Å². The summed E-state index contributed by atoms with van der Waals surface area (Å²) in [5.41, 5.74) is 0.867. The Hall–Kier alpha value is -2.89. The number of nitrogens with zero attached hydrogens (tertiary/aromatic N) is 1. The Labute approximate surface area is 132 Å². The average Bonchev–Trinajstić information content (AvgIpc) is 2.81.